The maximum Gasteiger partial charge on any atom is 0.258 e. The molecule has 0 saturated carbocycles. The Bertz CT molecular complexity index is 702. The molecule has 0 heterocycles. The minimum atomic E-state index is -0.919. The van der Waals surface area contributed by atoms with Crippen LogP contribution in [0.3, 0.4) is 0 Å². The number of halogens is 2. The van der Waals surface area contributed by atoms with Gasteiger partial charge in [0.15, 0.2) is 0 Å². The Labute approximate surface area is 120 Å². The normalized spacial score (nSPS) is 10.3. The second kappa shape index (κ2) is 5.78. The van der Waals surface area contributed by atoms with E-state index in [1.54, 1.807) is 12.1 Å². The van der Waals surface area contributed by atoms with Gasteiger partial charge in [0.2, 0.25) is 0 Å². The maximum atomic E-state index is 13.6. The highest BCUT2D eigenvalue weighted by atomic mass is 19.1. The lowest BCUT2D eigenvalue weighted by molar-refractivity contribution is 0.102. The van der Waals surface area contributed by atoms with E-state index in [1.807, 2.05) is 0 Å². The summed E-state index contributed by atoms with van der Waals surface area (Å²) in [7, 11) is 1.47. The van der Waals surface area contributed by atoms with Crippen LogP contribution in [-0.4, -0.2) is 13.0 Å². The average molecular weight is 292 g/mol. The number of ether oxygens (including phenoxy) is 1. The van der Waals surface area contributed by atoms with Gasteiger partial charge in [-0.3, -0.25) is 4.79 Å². The lowest BCUT2D eigenvalue weighted by Gasteiger charge is -2.10. The molecular formula is C15H14F2N2O2. The van der Waals surface area contributed by atoms with Crippen LogP contribution in [0.1, 0.15) is 15.9 Å². The Morgan fingerprint density at radius 3 is 2.52 bits per heavy atom. The third-order valence-corrected chi connectivity index (χ3v) is 2.98. The van der Waals surface area contributed by atoms with E-state index < -0.39 is 17.5 Å². The Morgan fingerprint density at radius 1 is 1.19 bits per heavy atom. The number of nitrogens with two attached hydrogens (primary N) is 1. The Morgan fingerprint density at radius 2 is 1.90 bits per heavy atom. The van der Waals surface area contributed by atoms with E-state index in [9.17, 15) is 13.6 Å². The van der Waals surface area contributed by atoms with Crippen LogP contribution in [0, 0.1) is 18.6 Å². The highest BCUT2D eigenvalue weighted by molar-refractivity contribution is 6.04. The molecule has 2 rings (SSSR count). The predicted octanol–water partition coefficient (Wildman–Crippen LogP) is 3.12. The van der Waals surface area contributed by atoms with Crippen LogP contribution < -0.4 is 15.8 Å². The van der Waals surface area contributed by atoms with Crippen molar-refractivity contribution >= 4 is 17.3 Å². The van der Waals surface area contributed by atoms with Crippen LogP contribution in [0.5, 0.6) is 5.75 Å². The number of nitrogen functional groups attached to an aromatic ring is 1. The summed E-state index contributed by atoms with van der Waals surface area (Å²) in [6.07, 6.45) is 0. The number of nitrogens with one attached hydrogen (secondary N) is 1. The van der Waals surface area contributed by atoms with Crippen molar-refractivity contribution < 1.29 is 18.3 Å². The van der Waals surface area contributed by atoms with E-state index in [0.29, 0.717) is 23.2 Å². The molecule has 6 heteroatoms. The van der Waals surface area contributed by atoms with Crippen LogP contribution in [0.25, 0.3) is 0 Å². The summed E-state index contributed by atoms with van der Waals surface area (Å²) < 4.78 is 31.8. The molecule has 0 aliphatic rings. The smallest absolute Gasteiger partial charge is 0.258 e. The van der Waals surface area contributed by atoms with Gasteiger partial charge in [-0.1, -0.05) is 0 Å². The van der Waals surface area contributed by atoms with Gasteiger partial charge >= 0.3 is 0 Å². The van der Waals surface area contributed by atoms with Crippen LogP contribution in [-0.2, 0) is 0 Å². The molecule has 21 heavy (non-hydrogen) atoms. The first kappa shape index (κ1) is 14.8. The van der Waals surface area contributed by atoms with Crippen LogP contribution >= 0.6 is 0 Å². The van der Waals surface area contributed by atoms with Gasteiger partial charge in [-0.15, -0.1) is 0 Å². The zero-order chi connectivity index (χ0) is 15.6. The van der Waals surface area contributed by atoms with E-state index in [2.05, 4.69) is 5.32 Å². The van der Waals surface area contributed by atoms with Gasteiger partial charge < -0.3 is 15.8 Å². The van der Waals surface area contributed by atoms with E-state index >= 15 is 0 Å². The maximum absolute atomic E-state index is 13.6. The number of benzene rings is 2. The molecule has 2 aromatic rings. The molecule has 0 radical (unpaired) electrons. The fraction of sp³-hybridized carbons (Fsp3) is 0.133. The van der Waals surface area contributed by atoms with Gasteiger partial charge in [0.25, 0.3) is 5.91 Å². The van der Waals surface area contributed by atoms with Gasteiger partial charge in [0.1, 0.15) is 17.4 Å². The number of anilines is 2. The zero-order valence-electron chi connectivity index (χ0n) is 11.5. The second-order valence-corrected chi connectivity index (χ2v) is 4.49. The van der Waals surface area contributed by atoms with E-state index in [1.165, 1.54) is 20.1 Å². The number of aryl methyl sites for hydroxylation is 1. The molecule has 0 spiro atoms. The molecule has 2 aromatic carbocycles. The number of rotatable bonds is 3. The van der Waals surface area contributed by atoms with Crippen molar-refractivity contribution in [1.29, 1.82) is 0 Å². The fourth-order valence-corrected chi connectivity index (χ4v) is 1.84. The van der Waals surface area contributed by atoms with Gasteiger partial charge in [-0.25, -0.2) is 8.78 Å². The number of hydrogen-bond donors (Lipinski definition) is 2. The van der Waals surface area contributed by atoms with E-state index in [4.69, 9.17) is 10.5 Å². The zero-order valence-corrected chi connectivity index (χ0v) is 11.5. The lowest BCUT2D eigenvalue weighted by Crippen LogP contribution is -2.14. The van der Waals surface area contributed by atoms with Crippen molar-refractivity contribution in [2.45, 2.75) is 6.92 Å². The molecule has 0 aromatic heterocycles. The van der Waals surface area contributed by atoms with E-state index in [-0.39, 0.29) is 11.1 Å². The van der Waals surface area contributed by atoms with Crippen LogP contribution in [0.4, 0.5) is 20.2 Å². The molecule has 4 nitrogen and oxygen atoms in total. The number of hydrogen-bond acceptors (Lipinski definition) is 3. The Kier molecular flexibility index (Phi) is 4.07. The first-order chi connectivity index (χ1) is 9.92. The molecule has 1 amide bonds. The third-order valence-electron chi connectivity index (χ3n) is 2.98. The van der Waals surface area contributed by atoms with E-state index in [0.717, 1.165) is 6.07 Å². The largest absolute Gasteiger partial charge is 0.495 e. The second-order valence-electron chi connectivity index (χ2n) is 4.49. The molecular weight excluding hydrogens is 278 g/mol. The van der Waals surface area contributed by atoms with Gasteiger partial charge in [0.05, 0.1) is 18.4 Å². The molecule has 110 valence electrons. The molecule has 0 saturated heterocycles. The molecule has 3 N–H and O–H groups in total. The summed E-state index contributed by atoms with van der Waals surface area (Å²) in [4.78, 5) is 12.0. The highest BCUT2D eigenvalue weighted by Gasteiger charge is 2.15. The van der Waals surface area contributed by atoms with Crippen molar-refractivity contribution in [3.63, 3.8) is 0 Å². The molecule has 0 unspecified atom stereocenters. The summed E-state index contributed by atoms with van der Waals surface area (Å²) >= 11 is 0. The minimum absolute atomic E-state index is 0.191. The van der Waals surface area contributed by atoms with Gasteiger partial charge in [-0.05, 0) is 36.8 Å². The summed E-state index contributed by atoms with van der Waals surface area (Å²) in [5.74, 6) is -1.83. The van der Waals surface area contributed by atoms with Crippen molar-refractivity contribution in [3.05, 3.63) is 53.1 Å². The SMILES string of the molecule is COc1ccc(NC(=O)c2cc(C)c(F)cc2F)cc1N. The van der Waals surface area contributed by atoms with Gasteiger partial charge in [0, 0.05) is 11.8 Å². The summed E-state index contributed by atoms with van der Waals surface area (Å²) in [5.41, 5.74) is 6.41. The minimum Gasteiger partial charge on any atom is -0.495 e. The standard InChI is InChI=1S/C15H14F2N2O2/c1-8-5-10(12(17)7-11(8)16)15(20)19-9-3-4-14(21-2)13(18)6-9/h3-7H,18H2,1-2H3,(H,19,20). The number of carbonyl (C=O) groups excluding carboxylic acids is 1. The quantitative estimate of drug-likeness (QED) is 0.854. The Balaban J connectivity index is 2.26. The third kappa shape index (κ3) is 3.10. The fourth-order valence-electron chi connectivity index (χ4n) is 1.84. The van der Waals surface area contributed by atoms with Gasteiger partial charge in [-0.2, -0.15) is 0 Å². The molecule has 0 bridgehead atoms. The predicted molar refractivity (Wildman–Crippen MR) is 76.5 cm³/mol. The van der Waals surface area contributed by atoms with Crippen molar-refractivity contribution in [1.82, 2.24) is 0 Å². The van der Waals surface area contributed by atoms with Crippen molar-refractivity contribution in [2.75, 3.05) is 18.2 Å². The number of methoxy groups -OCH3 is 1. The van der Waals surface area contributed by atoms with Crippen molar-refractivity contribution in [3.8, 4) is 5.75 Å². The first-order valence-electron chi connectivity index (χ1n) is 6.13. The van der Waals surface area contributed by atoms with Crippen LogP contribution in [0.15, 0.2) is 30.3 Å². The highest BCUT2D eigenvalue weighted by Crippen LogP contribution is 2.25. The van der Waals surface area contributed by atoms with Crippen molar-refractivity contribution in [2.24, 2.45) is 0 Å². The topological polar surface area (TPSA) is 64.3 Å². The summed E-state index contributed by atoms with van der Waals surface area (Å²) in [6.45, 7) is 1.46. The van der Waals surface area contributed by atoms with Crippen LogP contribution in [0.2, 0.25) is 0 Å². The number of carbonyl (C=O) groups is 1. The molecule has 0 aliphatic heterocycles. The Hall–Kier alpha value is -2.63. The first-order valence-corrected chi connectivity index (χ1v) is 6.13. The summed E-state index contributed by atoms with van der Waals surface area (Å²) in [5, 5.41) is 2.50. The molecule has 0 aliphatic carbocycles. The monoisotopic (exact) mass is 292 g/mol. The number of amides is 1. The summed E-state index contributed by atoms with van der Waals surface area (Å²) in [6, 6.07) is 6.49. The lowest BCUT2D eigenvalue weighted by atomic mass is 10.1. The average Bonchev–Trinajstić information content (AvgIpc) is 2.43. The molecule has 0 atom stereocenters. The molecule has 0 fully saturated rings.